The third kappa shape index (κ3) is 6.36. The summed E-state index contributed by atoms with van der Waals surface area (Å²) < 4.78 is 4.64. The normalized spacial score (nSPS) is 10.3. The van der Waals surface area contributed by atoms with Gasteiger partial charge in [-0.25, -0.2) is 0 Å². The second-order valence-electron chi connectivity index (χ2n) is 6.25. The highest BCUT2D eigenvalue weighted by molar-refractivity contribution is 6.06. The molecule has 1 amide bonds. The number of benzene rings is 2. The Morgan fingerprint density at radius 2 is 1.38 bits per heavy atom. The minimum atomic E-state index is -0.145. The molecule has 2 aromatic carbocycles. The molecular weight excluding hydrogens is 326 g/mol. The Kier molecular flexibility index (Phi) is 8.40. The number of para-hydroxylation sites is 1. The average Bonchev–Trinajstić information content (AvgIpc) is 2.70. The molecule has 0 bridgehead atoms. The van der Waals surface area contributed by atoms with Crippen LogP contribution >= 0.6 is 0 Å². The predicted octanol–water partition coefficient (Wildman–Crippen LogP) is 4.85. The number of esters is 1. The molecule has 0 radical (unpaired) electrons. The van der Waals surface area contributed by atoms with Gasteiger partial charge >= 0.3 is 5.97 Å². The number of rotatable bonds is 10. The number of anilines is 1. The van der Waals surface area contributed by atoms with E-state index in [4.69, 9.17) is 0 Å². The van der Waals surface area contributed by atoms with Crippen LogP contribution in [-0.4, -0.2) is 25.5 Å². The molecule has 0 unspecified atom stereocenters. The molecular formula is C22H27NO3. The lowest BCUT2D eigenvalue weighted by molar-refractivity contribution is -0.140. The van der Waals surface area contributed by atoms with Crippen LogP contribution in [0.3, 0.4) is 0 Å². The standard InChI is InChI=1S/C22H27NO3/c1-26-21(24)17-11-3-2-4-12-18-23(20-15-9-6-10-16-20)22(25)19-13-7-5-8-14-19/h5-10,13-16H,2-4,11-12,17-18H2,1H3. The van der Waals surface area contributed by atoms with Crippen LogP contribution in [0.2, 0.25) is 0 Å². The van der Waals surface area contributed by atoms with Crippen molar-refractivity contribution in [2.45, 2.75) is 38.5 Å². The molecule has 0 saturated heterocycles. The van der Waals surface area contributed by atoms with Crippen LogP contribution in [0.25, 0.3) is 0 Å². The van der Waals surface area contributed by atoms with Gasteiger partial charge in [0.2, 0.25) is 0 Å². The van der Waals surface area contributed by atoms with E-state index < -0.39 is 0 Å². The summed E-state index contributed by atoms with van der Waals surface area (Å²) in [6, 6.07) is 19.2. The lowest BCUT2D eigenvalue weighted by Gasteiger charge is -2.23. The molecule has 0 fully saturated rings. The average molecular weight is 353 g/mol. The van der Waals surface area contributed by atoms with Crippen LogP contribution < -0.4 is 4.90 Å². The summed E-state index contributed by atoms with van der Waals surface area (Å²) in [5.41, 5.74) is 1.63. The number of amides is 1. The number of hydrogen-bond donors (Lipinski definition) is 0. The summed E-state index contributed by atoms with van der Waals surface area (Å²) in [5.74, 6) is -0.115. The molecule has 0 aliphatic heterocycles. The zero-order valence-electron chi connectivity index (χ0n) is 15.4. The molecule has 4 heteroatoms. The van der Waals surface area contributed by atoms with E-state index in [0.717, 1.165) is 37.8 Å². The van der Waals surface area contributed by atoms with Crippen LogP contribution in [-0.2, 0) is 9.53 Å². The van der Waals surface area contributed by atoms with Gasteiger partial charge in [0.1, 0.15) is 0 Å². The molecule has 2 aromatic rings. The Labute approximate surface area is 155 Å². The van der Waals surface area contributed by atoms with Gasteiger partial charge in [0.05, 0.1) is 7.11 Å². The van der Waals surface area contributed by atoms with Crippen molar-refractivity contribution in [2.24, 2.45) is 0 Å². The number of unbranched alkanes of at least 4 members (excludes halogenated alkanes) is 4. The van der Waals surface area contributed by atoms with Gasteiger partial charge in [0, 0.05) is 24.2 Å². The first kappa shape index (κ1) is 19.7. The lowest BCUT2D eigenvalue weighted by atomic mass is 10.1. The van der Waals surface area contributed by atoms with Gasteiger partial charge in [0.25, 0.3) is 5.91 Å². The first-order valence-electron chi connectivity index (χ1n) is 9.21. The first-order chi connectivity index (χ1) is 12.7. The molecule has 0 N–H and O–H groups in total. The fraction of sp³-hybridized carbons (Fsp3) is 0.364. The van der Waals surface area contributed by atoms with Crippen LogP contribution in [0.15, 0.2) is 60.7 Å². The predicted molar refractivity (Wildman–Crippen MR) is 104 cm³/mol. The van der Waals surface area contributed by atoms with Crippen molar-refractivity contribution in [1.82, 2.24) is 0 Å². The topological polar surface area (TPSA) is 46.6 Å². The van der Waals surface area contributed by atoms with Crippen molar-refractivity contribution >= 4 is 17.6 Å². The molecule has 0 saturated carbocycles. The van der Waals surface area contributed by atoms with Crippen molar-refractivity contribution in [2.75, 3.05) is 18.6 Å². The summed E-state index contributed by atoms with van der Waals surface area (Å²) in [6.45, 7) is 0.689. The van der Waals surface area contributed by atoms with E-state index in [1.165, 1.54) is 7.11 Å². The van der Waals surface area contributed by atoms with Gasteiger partial charge in [-0.3, -0.25) is 9.59 Å². The maximum absolute atomic E-state index is 12.9. The van der Waals surface area contributed by atoms with E-state index in [0.29, 0.717) is 18.5 Å². The minimum Gasteiger partial charge on any atom is -0.469 e. The monoisotopic (exact) mass is 353 g/mol. The molecule has 4 nitrogen and oxygen atoms in total. The van der Waals surface area contributed by atoms with E-state index in [1.54, 1.807) is 0 Å². The van der Waals surface area contributed by atoms with Crippen molar-refractivity contribution in [1.29, 1.82) is 0 Å². The van der Waals surface area contributed by atoms with Gasteiger partial charge in [-0.1, -0.05) is 55.7 Å². The largest absolute Gasteiger partial charge is 0.469 e. The summed E-state index contributed by atoms with van der Waals surface area (Å²) in [5, 5.41) is 0. The SMILES string of the molecule is COC(=O)CCCCCCCN(C(=O)c1ccccc1)c1ccccc1. The fourth-order valence-electron chi connectivity index (χ4n) is 2.86. The van der Waals surface area contributed by atoms with E-state index in [1.807, 2.05) is 65.6 Å². The lowest BCUT2D eigenvalue weighted by Crippen LogP contribution is -2.31. The second kappa shape index (κ2) is 11.1. The quantitative estimate of drug-likeness (QED) is 0.453. The Balaban J connectivity index is 1.86. The smallest absolute Gasteiger partial charge is 0.305 e. The maximum Gasteiger partial charge on any atom is 0.305 e. The molecule has 0 aromatic heterocycles. The molecule has 26 heavy (non-hydrogen) atoms. The molecule has 0 atom stereocenters. The van der Waals surface area contributed by atoms with Gasteiger partial charge < -0.3 is 9.64 Å². The Bertz CT molecular complexity index is 670. The Morgan fingerprint density at radius 3 is 2.04 bits per heavy atom. The van der Waals surface area contributed by atoms with Gasteiger partial charge in [-0.15, -0.1) is 0 Å². The van der Waals surface area contributed by atoms with E-state index in [-0.39, 0.29) is 11.9 Å². The van der Waals surface area contributed by atoms with Crippen molar-refractivity contribution in [3.63, 3.8) is 0 Å². The number of hydrogen-bond acceptors (Lipinski definition) is 3. The second-order valence-corrected chi connectivity index (χ2v) is 6.25. The summed E-state index contributed by atoms with van der Waals surface area (Å²) in [6.07, 6.45) is 5.38. The molecule has 0 aliphatic carbocycles. The number of ether oxygens (including phenoxy) is 1. The summed E-state index contributed by atoms with van der Waals surface area (Å²) in [4.78, 5) is 25.8. The number of carbonyl (C=O) groups is 2. The van der Waals surface area contributed by atoms with Gasteiger partial charge in [0.15, 0.2) is 0 Å². The number of nitrogens with zero attached hydrogens (tertiary/aromatic N) is 1. The van der Waals surface area contributed by atoms with Crippen molar-refractivity contribution in [3.05, 3.63) is 66.2 Å². The number of carbonyl (C=O) groups excluding carboxylic acids is 2. The zero-order chi connectivity index (χ0) is 18.6. The third-order valence-corrected chi connectivity index (χ3v) is 4.32. The highest BCUT2D eigenvalue weighted by Crippen LogP contribution is 2.18. The van der Waals surface area contributed by atoms with E-state index in [2.05, 4.69) is 4.74 Å². The highest BCUT2D eigenvalue weighted by atomic mass is 16.5. The van der Waals surface area contributed by atoms with E-state index in [9.17, 15) is 9.59 Å². The van der Waals surface area contributed by atoms with Crippen LogP contribution in [0.4, 0.5) is 5.69 Å². The van der Waals surface area contributed by atoms with Crippen molar-refractivity contribution in [3.8, 4) is 0 Å². The Hall–Kier alpha value is -2.62. The van der Waals surface area contributed by atoms with Crippen LogP contribution in [0.5, 0.6) is 0 Å². The molecule has 0 spiro atoms. The molecule has 2 rings (SSSR count). The van der Waals surface area contributed by atoms with Gasteiger partial charge in [-0.05, 0) is 37.1 Å². The van der Waals surface area contributed by atoms with E-state index >= 15 is 0 Å². The highest BCUT2D eigenvalue weighted by Gasteiger charge is 2.16. The van der Waals surface area contributed by atoms with Crippen LogP contribution in [0.1, 0.15) is 48.9 Å². The number of methoxy groups -OCH3 is 1. The molecule has 138 valence electrons. The molecule has 0 aliphatic rings. The zero-order valence-corrected chi connectivity index (χ0v) is 15.4. The summed E-state index contributed by atoms with van der Waals surface area (Å²) in [7, 11) is 1.42. The van der Waals surface area contributed by atoms with Crippen molar-refractivity contribution < 1.29 is 14.3 Å². The van der Waals surface area contributed by atoms with Gasteiger partial charge in [-0.2, -0.15) is 0 Å². The fourth-order valence-corrected chi connectivity index (χ4v) is 2.86. The summed E-state index contributed by atoms with van der Waals surface area (Å²) >= 11 is 0. The molecule has 0 heterocycles. The third-order valence-electron chi connectivity index (χ3n) is 4.32. The Morgan fingerprint density at radius 1 is 0.808 bits per heavy atom. The minimum absolute atomic E-state index is 0.0301. The maximum atomic E-state index is 12.9. The first-order valence-corrected chi connectivity index (χ1v) is 9.21. The van der Waals surface area contributed by atoms with Crippen LogP contribution in [0, 0.1) is 0 Å².